The number of amides is 1. The van der Waals surface area contributed by atoms with Crippen LogP contribution in [0.2, 0.25) is 0 Å². The van der Waals surface area contributed by atoms with Gasteiger partial charge in [-0.15, -0.1) is 0 Å². The molecular formula is C26H29N3O3. The number of carbonyl (C=O) groups excluding carboxylic acids is 2. The third-order valence-electron chi connectivity index (χ3n) is 6.09. The second-order valence-electron chi connectivity index (χ2n) is 8.49. The average Bonchev–Trinajstić information content (AvgIpc) is 3.33. The quantitative estimate of drug-likeness (QED) is 0.335. The Morgan fingerprint density at radius 1 is 1.09 bits per heavy atom. The van der Waals surface area contributed by atoms with Gasteiger partial charge in [0.05, 0.1) is 11.6 Å². The number of hydrogen-bond donors (Lipinski definition) is 2. The first-order valence-electron chi connectivity index (χ1n) is 11.0. The van der Waals surface area contributed by atoms with Gasteiger partial charge in [0.2, 0.25) is 0 Å². The van der Waals surface area contributed by atoms with Gasteiger partial charge in [-0.1, -0.05) is 49.4 Å². The first-order valence-corrected chi connectivity index (χ1v) is 11.0. The molecule has 2 aromatic carbocycles. The van der Waals surface area contributed by atoms with E-state index in [0.29, 0.717) is 12.1 Å². The third-order valence-corrected chi connectivity index (χ3v) is 6.09. The molecule has 1 amide bonds. The summed E-state index contributed by atoms with van der Waals surface area (Å²) in [6.45, 7) is 3.32. The Hall–Kier alpha value is -3.38. The molecule has 0 radical (unpaired) electrons. The van der Waals surface area contributed by atoms with Crippen LogP contribution in [-0.2, 0) is 16.0 Å². The van der Waals surface area contributed by atoms with Gasteiger partial charge in [-0.2, -0.15) is 0 Å². The zero-order valence-electron chi connectivity index (χ0n) is 18.8. The zero-order chi connectivity index (χ0) is 22.8. The van der Waals surface area contributed by atoms with Crippen LogP contribution < -0.4 is 0 Å². The number of rotatable bonds is 7. The van der Waals surface area contributed by atoms with Gasteiger partial charge in [-0.25, -0.2) is 0 Å². The number of aryl methyl sites for hydroxylation is 1. The predicted molar refractivity (Wildman–Crippen MR) is 126 cm³/mol. The molecule has 1 aromatic heterocycles. The van der Waals surface area contributed by atoms with Crippen LogP contribution in [-0.4, -0.2) is 58.8 Å². The highest BCUT2D eigenvalue weighted by Crippen LogP contribution is 2.40. The molecule has 1 unspecified atom stereocenters. The third kappa shape index (κ3) is 3.94. The first kappa shape index (κ1) is 21.8. The molecule has 0 saturated carbocycles. The number of aliphatic hydroxyl groups is 1. The number of benzene rings is 2. The largest absolute Gasteiger partial charge is 0.507 e. The topological polar surface area (TPSA) is 76.6 Å². The van der Waals surface area contributed by atoms with Crippen LogP contribution in [0.5, 0.6) is 0 Å². The van der Waals surface area contributed by atoms with Crippen molar-refractivity contribution < 1.29 is 14.7 Å². The summed E-state index contributed by atoms with van der Waals surface area (Å²) in [5.74, 6) is -1.34. The molecule has 2 heterocycles. The van der Waals surface area contributed by atoms with Crippen molar-refractivity contribution >= 4 is 28.4 Å². The summed E-state index contributed by atoms with van der Waals surface area (Å²) >= 11 is 0. The Bertz CT molecular complexity index is 1170. The molecule has 6 nitrogen and oxygen atoms in total. The van der Waals surface area contributed by atoms with Crippen LogP contribution >= 0.6 is 0 Å². The van der Waals surface area contributed by atoms with Gasteiger partial charge < -0.3 is 19.9 Å². The number of ketones is 1. The number of aromatic nitrogens is 1. The zero-order valence-corrected chi connectivity index (χ0v) is 18.8. The first-order chi connectivity index (χ1) is 15.4. The molecule has 32 heavy (non-hydrogen) atoms. The van der Waals surface area contributed by atoms with Crippen LogP contribution in [0.15, 0.2) is 60.3 Å². The summed E-state index contributed by atoms with van der Waals surface area (Å²) in [6.07, 6.45) is 3.33. The number of hydrogen-bond acceptors (Lipinski definition) is 4. The fraction of sp³-hybridized carbons (Fsp3) is 0.308. The molecule has 4 rings (SSSR count). The Balaban J connectivity index is 1.83. The number of H-pyrrole nitrogens is 1. The van der Waals surface area contributed by atoms with Crippen molar-refractivity contribution in [1.29, 1.82) is 0 Å². The number of carbonyl (C=O) groups is 2. The van der Waals surface area contributed by atoms with Gasteiger partial charge in [0.15, 0.2) is 0 Å². The lowest BCUT2D eigenvalue weighted by molar-refractivity contribution is -0.139. The van der Waals surface area contributed by atoms with E-state index in [1.54, 1.807) is 11.1 Å². The van der Waals surface area contributed by atoms with E-state index in [-0.39, 0.29) is 11.3 Å². The van der Waals surface area contributed by atoms with E-state index < -0.39 is 17.7 Å². The van der Waals surface area contributed by atoms with Crippen molar-refractivity contribution in [2.75, 3.05) is 27.2 Å². The highest BCUT2D eigenvalue weighted by molar-refractivity contribution is 6.46. The normalized spacial score (nSPS) is 18.2. The van der Waals surface area contributed by atoms with E-state index in [1.165, 1.54) is 5.56 Å². The summed E-state index contributed by atoms with van der Waals surface area (Å²) < 4.78 is 0. The van der Waals surface area contributed by atoms with Crippen LogP contribution in [0.3, 0.4) is 0 Å². The van der Waals surface area contributed by atoms with Crippen molar-refractivity contribution in [3.8, 4) is 0 Å². The van der Waals surface area contributed by atoms with Crippen molar-refractivity contribution in [3.63, 3.8) is 0 Å². The van der Waals surface area contributed by atoms with Gasteiger partial charge in [0.25, 0.3) is 11.7 Å². The predicted octanol–water partition coefficient (Wildman–Crippen LogP) is 4.10. The maximum Gasteiger partial charge on any atom is 0.295 e. The summed E-state index contributed by atoms with van der Waals surface area (Å²) in [5.41, 5.74) is 3.54. The Morgan fingerprint density at radius 2 is 1.81 bits per heavy atom. The van der Waals surface area contributed by atoms with Crippen LogP contribution in [0.1, 0.15) is 36.1 Å². The molecule has 166 valence electrons. The average molecular weight is 432 g/mol. The smallest absolute Gasteiger partial charge is 0.295 e. The van der Waals surface area contributed by atoms with Crippen LogP contribution in [0.25, 0.3) is 16.7 Å². The maximum absolute atomic E-state index is 13.2. The maximum atomic E-state index is 13.2. The number of aliphatic hydroxyl groups excluding tert-OH is 1. The summed E-state index contributed by atoms with van der Waals surface area (Å²) in [6, 6.07) is 14.9. The number of nitrogens with zero attached hydrogens (tertiary/aromatic N) is 2. The molecule has 1 aliphatic heterocycles. The molecule has 1 saturated heterocycles. The van der Waals surface area contributed by atoms with Crippen molar-refractivity contribution in [1.82, 2.24) is 14.8 Å². The lowest BCUT2D eigenvalue weighted by atomic mass is 9.94. The molecule has 0 bridgehead atoms. The molecule has 1 fully saturated rings. The number of Topliss-reactive ketones (excluding diaryl/α,β-unsaturated/α-hetero) is 1. The summed E-state index contributed by atoms with van der Waals surface area (Å²) in [4.78, 5) is 33.0. The number of aromatic amines is 1. The fourth-order valence-corrected chi connectivity index (χ4v) is 4.36. The fourth-order valence-electron chi connectivity index (χ4n) is 4.36. The van der Waals surface area contributed by atoms with Gasteiger partial charge in [0.1, 0.15) is 5.76 Å². The second-order valence-corrected chi connectivity index (χ2v) is 8.49. The van der Waals surface area contributed by atoms with Gasteiger partial charge in [-0.3, -0.25) is 9.59 Å². The SMILES string of the molecule is CCc1ccc(C2/C(=C(/O)c3c[nH]c4ccccc34)C(=O)C(=O)N2CCCN(C)C)cc1. The monoisotopic (exact) mass is 431 g/mol. The number of para-hydroxylation sites is 1. The molecule has 2 N–H and O–H groups in total. The molecule has 3 aromatic rings. The lowest BCUT2D eigenvalue weighted by Gasteiger charge is -2.26. The molecule has 6 heteroatoms. The number of fused-ring (bicyclic) bond motifs is 1. The molecule has 0 spiro atoms. The summed E-state index contributed by atoms with van der Waals surface area (Å²) in [7, 11) is 3.96. The van der Waals surface area contributed by atoms with E-state index in [4.69, 9.17) is 0 Å². The number of likely N-dealkylation sites (tertiary alicyclic amines) is 1. The Labute approximate surface area is 188 Å². The number of nitrogens with one attached hydrogen (secondary N) is 1. The van der Waals surface area contributed by atoms with E-state index in [2.05, 4.69) is 11.9 Å². The van der Waals surface area contributed by atoms with Gasteiger partial charge >= 0.3 is 0 Å². The molecule has 1 atom stereocenters. The van der Waals surface area contributed by atoms with E-state index in [0.717, 1.165) is 35.9 Å². The highest BCUT2D eigenvalue weighted by atomic mass is 16.3. The van der Waals surface area contributed by atoms with Crippen LogP contribution in [0, 0.1) is 0 Å². The van der Waals surface area contributed by atoms with Gasteiger partial charge in [-0.05, 0) is 50.7 Å². The molecule has 1 aliphatic rings. The Morgan fingerprint density at radius 3 is 2.50 bits per heavy atom. The van der Waals surface area contributed by atoms with Gasteiger partial charge in [0, 0.05) is 29.2 Å². The lowest BCUT2D eigenvalue weighted by Crippen LogP contribution is -2.32. The van der Waals surface area contributed by atoms with E-state index >= 15 is 0 Å². The molecular weight excluding hydrogens is 402 g/mol. The standard InChI is InChI=1S/C26H29N3O3/c1-4-17-10-12-18(13-11-17)23-22(25(31)26(32)29(23)15-7-14-28(2)3)24(30)20-16-27-21-9-6-5-8-19(20)21/h5-6,8-13,16,23,27,30H,4,7,14-15H2,1-3H3/b24-22-. The van der Waals surface area contributed by atoms with Crippen molar-refractivity contribution in [3.05, 3.63) is 77.0 Å². The van der Waals surface area contributed by atoms with E-state index in [9.17, 15) is 14.7 Å². The van der Waals surface area contributed by atoms with Crippen LogP contribution in [0.4, 0.5) is 0 Å². The Kier molecular flexibility index (Phi) is 6.15. The minimum Gasteiger partial charge on any atom is -0.507 e. The highest BCUT2D eigenvalue weighted by Gasteiger charge is 2.46. The minimum atomic E-state index is -0.637. The second kappa shape index (κ2) is 9.01. The molecule has 0 aliphatic carbocycles. The summed E-state index contributed by atoms with van der Waals surface area (Å²) in [5, 5.41) is 12.1. The van der Waals surface area contributed by atoms with E-state index in [1.807, 2.05) is 67.5 Å². The van der Waals surface area contributed by atoms with Crippen molar-refractivity contribution in [2.45, 2.75) is 25.8 Å². The van der Waals surface area contributed by atoms with Crippen molar-refractivity contribution in [2.24, 2.45) is 0 Å². The minimum absolute atomic E-state index is 0.138.